The van der Waals surface area contributed by atoms with Gasteiger partial charge in [0.1, 0.15) is 6.29 Å². The molecule has 1 saturated carbocycles. The van der Waals surface area contributed by atoms with Crippen LogP contribution < -0.4 is 0 Å². The first-order valence-corrected chi connectivity index (χ1v) is 6.69. The van der Waals surface area contributed by atoms with Gasteiger partial charge < -0.3 is 9.69 Å². The Morgan fingerprint density at radius 3 is 2.12 bits per heavy atom. The van der Waals surface area contributed by atoms with Gasteiger partial charge in [-0.15, -0.1) is 0 Å². The van der Waals surface area contributed by atoms with Crippen LogP contribution >= 0.6 is 0 Å². The van der Waals surface area contributed by atoms with Crippen molar-refractivity contribution in [1.29, 1.82) is 0 Å². The van der Waals surface area contributed by atoms with Crippen molar-refractivity contribution in [3.8, 4) is 0 Å². The van der Waals surface area contributed by atoms with Crippen molar-refractivity contribution < 1.29 is 4.79 Å². The molecule has 0 spiro atoms. The molecule has 1 aliphatic heterocycles. The predicted octanol–water partition coefficient (Wildman–Crippen LogP) is 1.38. The number of carbonyl (C=O) groups is 1. The first kappa shape index (κ1) is 12.1. The SMILES string of the molecule is CCN1CCN(CC2(C=O)CCCC2)CC1. The second-order valence-corrected chi connectivity index (χ2v) is 5.40. The van der Waals surface area contributed by atoms with E-state index in [0.717, 1.165) is 39.0 Å². The molecule has 0 aromatic rings. The summed E-state index contributed by atoms with van der Waals surface area (Å²) in [5, 5.41) is 0. The number of rotatable bonds is 4. The number of nitrogens with zero attached hydrogens (tertiary/aromatic N) is 2. The van der Waals surface area contributed by atoms with E-state index in [1.54, 1.807) is 0 Å². The van der Waals surface area contributed by atoms with Crippen molar-refractivity contribution in [2.24, 2.45) is 5.41 Å². The van der Waals surface area contributed by atoms with E-state index in [1.807, 2.05) is 0 Å². The molecule has 1 heterocycles. The third-order valence-electron chi connectivity index (χ3n) is 4.30. The van der Waals surface area contributed by atoms with Gasteiger partial charge in [-0.1, -0.05) is 19.8 Å². The number of carbonyl (C=O) groups excluding carboxylic acids is 1. The van der Waals surface area contributed by atoms with E-state index in [4.69, 9.17) is 0 Å². The quantitative estimate of drug-likeness (QED) is 0.674. The standard InChI is InChI=1S/C13H24N2O/c1-2-14-7-9-15(10-8-14)11-13(12-16)5-3-4-6-13/h12H,2-11H2,1H3. The van der Waals surface area contributed by atoms with E-state index in [-0.39, 0.29) is 5.41 Å². The monoisotopic (exact) mass is 224 g/mol. The van der Waals surface area contributed by atoms with Crippen LogP contribution in [-0.2, 0) is 4.79 Å². The summed E-state index contributed by atoms with van der Waals surface area (Å²) in [5.74, 6) is 0. The van der Waals surface area contributed by atoms with Crippen LogP contribution in [0.3, 0.4) is 0 Å². The van der Waals surface area contributed by atoms with E-state index in [1.165, 1.54) is 32.2 Å². The molecule has 3 heteroatoms. The molecule has 92 valence electrons. The number of aldehydes is 1. The summed E-state index contributed by atoms with van der Waals surface area (Å²) in [4.78, 5) is 16.3. The molecular formula is C13H24N2O. The largest absolute Gasteiger partial charge is 0.303 e. The number of piperazine rings is 1. The molecule has 0 aromatic carbocycles. The van der Waals surface area contributed by atoms with E-state index < -0.39 is 0 Å². The van der Waals surface area contributed by atoms with Crippen molar-refractivity contribution in [2.75, 3.05) is 39.3 Å². The molecule has 3 nitrogen and oxygen atoms in total. The van der Waals surface area contributed by atoms with Crippen molar-refractivity contribution in [2.45, 2.75) is 32.6 Å². The van der Waals surface area contributed by atoms with Gasteiger partial charge in [0, 0.05) is 38.1 Å². The minimum atomic E-state index is 0.00832. The van der Waals surface area contributed by atoms with E-state index in [2.05, 4.69) is 16.7 Å². The van der Waals surface area contributed by atoms with Gasteiger partial charge in [-0.05, 0) is 19.4 Å². The van der Waals surface area contributed by atoms with Crippen LogP contribution in [0.25, 0.3) is 0 Å². The van der Waals surface area contributed by atoms with Gasteiger partial charge in [-0.3, -0.25) is 4.90 Å². The minimum Gasteiger partial charge on any atom is -0.303 e. The van der Waals surface area contributed by atoms with Crippen LogP contribution in [0.4, 0.5) is 0 Å². The number of likely N-dealkylation sites (N-methyl/N-ethyl adjacent to an activating group) is 1. The molecule has 0 aromatic heterocycles. The number of hydrogen-bond donors (Lipinski definition) is 0. The zero-order valence-corrected chi connectivity index (χ0v) is 10.5. The molecule has 2 aliphatic rings. The summed E-state index contributed by atoms with van der Waals surface area (Å²) >= 11 is 0. The molecule has 1 saturated heterocycles. The molecule has 0 atom stereocenters. The van der Waals surface area contributed by atoms with Gasteiger partial charge in [0.25, 0.3) is 0 Å². The van der Waals surface area contributed by atoms with Gasteiger partial charge in [0.2, 0.25) is 0 Å². The Morgan fingerprint density at radius 2 is 1.62 bits per heavy atom. The third kappa shape index (κ3) is 2.64. The van der Waals surface area contributed by atoms with E-state index in [9.17, 15) is 4.79 Å². The van der Waals surface area contributed by atoms with Crippen LogP contribution in [-0.4, -0.2) is 55.4 Å². The Kier molecular flexibility index (Phi) is 3.98. The third-order valence-corrected chi connectivity index (χ3v) is 4.30. The lowest BCUT2D eigenvalue weighted by Crippen LogP contribution is -2.49. The molecule has 0 bridgehead atoms. The van der Waals surface area contributed by atoms with Gasteiger partial charge in [-0.2, -0.15) is 0 Å². The maximum atomic E-state index is 11.3. The van der Waals surface area contributed by atoms with Crippen LogP contribution in [0.5, 0.6) is 0 Å². The molecule has 0 radical (unpaired) electrons. The summed E-state index contributed by atoms with van der Waals surface area (Å²) < 4.78 is 0. The first-order chi connectivity index (χ1) is 7.78. The van der Waals surface area contributed by atoms with Crippen LogP contribution in [0.15, 0.2) is 0 Å². The Balaban J connectivity index is 1.83. The molecule has 0 amide bonds. The second kappa shape index (κ2) is 5.28. The lowest BCUT2D eigenvalue weighted by Gasteiger charge is -2.37. The lowest BCUT2D eigenvalue weighted by atomic mass is 9.87. The van der Waals surface area contributed by atoms with Crippen molar-refractivity contribution in [3.05, 3.63) is 0 Å². The van der Waals surface area contributed by atoms with E-state index >= 15 is 0 Å². The zero-order chi connectivity index (χ0) is 11.4. The van der Waals surface area contributed by atoms with Crippen molar-refractivity contribution >= 4 is 6.29 Å². The topological polar surface area (TPSA) is 23.6 Å². The maximum Gasteiger partial charge on any atom is 0.127 e. The van der Waals surface area contributed by atoms with Crippen molar-refractivity contribution in [3.63, 3.8) is 0 Å². The molecule has 16 heavy (non-hydrogen) atoms. The minimum absolute atomic E-state index is 0.00832. The fourth-order valence-electron chi connectivity index (χ4n) is 3.10. The molecule has 2 rings (SSSR count). The summed E-state index contributed by atoms with van der Waals surface area (Å²) in [6.45, 7) is 9.02. The highest BCUT2D eigenvalue weighted by atomic mass is 16.1. The van der Waals surface area contributed by atoms with Gasteiger partial charge in [0.05, 0.1) is 0 Å². The fourth-order valence-corrected chi connectivity index (χ4v) is 3.10. The van der Waals surface area contributed by atoms with Gasteiger partial charge in [-0.25, -0.2) is 0 Å². The van der Waals surface area contributed by atoms with Crippen LogP contribution in [0, 0.1) is 5.41 Å². The Labute approximate surface area is 98.8 Å². The molecule has 2 fully saturated rings. The average Bonchev–Trinajstić information content (AvgIpc) is 2.79. The zero-order valence-electron chi connectivity index (χ0n) is 10.5. The van der Waals surface area contributed by atoms with Gasteiger partial charge in [0.15, 0.2) is 0 Å². The second-order valence-electron chi connectivity index (χ2n) is 5.40. The Bertz CT molecular complexity index is 228. The summed E-state index contributed by atoms with van der Waals surface area (Å²) in [5.41, 5.74) is 0.00832. The number of hydrogen-bond acceptors (Lipinski definition) is 3. The highest BCUT2D eigenvalue weighted by Crippen LogP contribution is 2.36. The first-order valence-electron chi connectivity index (χ1n) is 6.69. The normalized spacial score (nSPS) is 27.1. The van der Waals surface area contributed by atoms with Crippen molar-refractivity contribution in [1.82, 2.24) is 9.80 Å². The highest BCUT2D eigenvalue weighted by molar-refractivity contribution is 5.60. The summed E-state index contributed by atoms with van der Waals surface area (Å²) in [6, 6.07) is 0. The maximum absolute atomic E-state index is 11.3. The van der Waals surface area contributed by atoms with Gasteiger partial charge >= 0.3 is 0 Å². The predicted molar refractivity (Wildman–Crippen MR) is 65.5 cm³/mol. The van der Waals surface area contributed by atoms with Crippen LogP contribution in [0.1, 0.15) is 32.6 Å². The Hall–Kier alpha value is -0.410. The summed E-state index contributed by atoms with van der Waals surface area (Å²) in [6.07, 6.45) is 5.96. The lowest BCUT2D eigenvalue weighted by molar-refractivity contribution is -0.117. The molecular weight excluding hydrogens is 200 g/mol. The highest BCUT2D eigenvalue weighted by Gasteiger charge is 2.35. The smallest absolute Gasteiger partial charge is 0.127 e. The Morgan fingerprint density at radius 1 is 1.06 bits per heavy atom. The molecule has 0 unspecified atom stereocenters. The summed E-state index contributed by atoms with van der Waals surface area (Å²) in [7, 11) is 0. The molecule has 0 N–H and O–H groups in total. The molecule has 1 aliphatic carbocycles. The van der Waals surface area contributed by atoms with E-state index in [0.29, 0.717) is 0 Å². The fraction of sp³-hybridized carbons (Fsp3) is 0.923. The average molecular weight is 224 g/mol. The van der Waals surface area contributed by atoms with Crippen LogP contribution in [0.2, 0.25) is 0 Å².